The average Bonchev–Trinajstić information content (AvgIpc) is 2.28. The van der Waals surface area contributed by atoms with Gasteiger partial charge in [-0.15, -0.1) is 0 Å². The normalized spacial score (nSPS) is 11.3. The highest BCUT2D eigenvalue weighted by Gasteiger charge is 2.09. The van der Waals surface area contributed by atoms with E-state index in [0.29, 0.717) is 10.9 Å². The maximum Gasteiger partial charge on any atom is 0.0895 e. The van der Waals surface area contributed by atoms with Gasteiger partial charge < -0.3 is 5.11 Å². The number of pyridine rings is 1. The third kappa shape index (κ3) is 1.91. The average molecular weight is 236 g/mol. The van der Waals surface area contributed by atoms with Crippen molar-refractivity contribution < 1.29 is 5.11 Å². The lowest BCUT2D eigenvalue weighted by Gasteiger charge is -2.10. The molecule has 1 N–H and O–H groups in total. The van der Waals surface area contributed by atoms with E-state index in [-0.39, 0.29) is 6.61 Å². The van der Waals surface area contributed by atoms with Gasteiger partial charge >= 0.3 is 0 Å². The zero-order valence-corrected chi connectivity index (χ0v) is 10.1. The summed E-state index contributed by atoms with van der Waals surface area (Å²) in [5.74, 6) is 0.325. The smallest absolute Gasteiger partial charge is 0.0895 e. The first kappa shape index (κ1) is 11.4. The van der Waals surface area contributed by atoms with E-state index in [1.165, 1.54) is 0 Å². The topological polar surface area (TPSA) is 33.1 Å². The predicted octanol–water partition coefficient (Wildman–Crippen LogP) is 3.50. The fourth-order valence-corrected chi connectivity index (χ4v) is 1.95. The summed E-state index contributed by atoms with van der Waals surface area (Å²) < 4.78 is 0. The van der Waals surface area contributed by atoms with Gasteiger partial charge in [-0.25, -0.2) is 0 Å². The van der Waals surface area contributed by atoms with Gasteiger partial charge in [0.2, 0.25) is 0 Å². The molecule has 0 unspecified atom stereocenters. The third-order valence-electron chi connectivity index (χ3n) is 2.66. The molecule has 0 spiro atoms. The molecule has 0 fully saturated rings. The van der Waals surface area contributed by atoms with Crippen LogP contribution in [0.5, 0.6) is 0 Å². The lowest BCUT2D eigenvalue weighted by atomic mass is 10.0. The van der Waals surface area contributed by atoms with Crippen LogP contribution in [0, 0.1) is 0 Å². The molecule has 0 saturated carbocycles. The largest absolute Gasteiger partial charge is 0.392 e. The van der Waals surface area contributed by atoms with Crippen molar-refractivity contribution in [1.29, 1.82) is 0 Å². The molecule has 0 atom stereocenters. The Hall–Kier alpha value is -1.12. The summed E-state index contributed by atoms with van der Waals surface area (Å²) in [7, 11) is 0. The zero-order valence-electron chi connectivity index (χ0n) is 9.37. The number of aliphatic hydroxyl groups excluding tert-OH is 1. The summed E-state index contributed by atoms with van der Waals surface area (Å²) in [6.45, 7) is 4.16. The minimum absolute atomic E-state index is 0.0130. The number of halogens is 1. The van der Waals surface area contributed by atoms with Crippen molar-refractivity contribution in [2.45, 2.75) is 26.4 Å². The molecule has 2 rings (SSSR count). The summed E-state index contributed by atoms with van der Waals surface area (Å²) in [5, 5.41) is 10.9. The maximum atomic E-state index is 9.36. The zero-order chi connectivity index (χ0) is 11.7. The molecule has 0 aliphatic heterocycles. The fourth-order valence-electron chi connectivity index (χ4n) is 1.73. The van der Waals surface area contributed by atoms with Crippen LogP contribution in [0.25, 0.3) is 10.9 Å². The van der Waals surface area contributed by atoms with Crippen LogP contribution in [0.15, 0.2) is 24.3 Å². The number of aliphatic hydroxyl groups is 1. The molecular weight excluding hydrogens is 222 g/mol. The van der Waals surface area contributed by atoms with E-state index in [2.05, 4.69) is 18.8 Å². The number of hydrogen-bond donors (Lipinski definition) is 1. The number of hydrogen-bond acceptors (Lipinski definition) is 2. The number of fused-ring (bicyclic) bond motifs is 1. The predicted molar refractivity (Wildman–Crippen MR) is 66.8 cm³/mol. The third-order valence-corrected chi connectivity index (χ3v) is 2.96. The molecule has 16 heavy (non-hydrogen) atoms. The Morgan fingerprint density at radius 1 is 1.38 bits per heavy atom. The number of aromatic nitrogens is 1. The molecule has 0 saturated heterocycles. The number of benzene rings is 1. The van der Waals surface area contributed by atoms with Crippen molar-refractivity contribution in [1.82, 2.24) is 4.98 Å². The number of rotatable bonds is 2. The molecule has 3 heteroatoms. The molecule has 0 aliphatic carbocycles. The van der Waals surface area contributed by atoms with E-state index in [1.54, 1.807) is 0 Å². The van der Waals surface area contributed by atoms with Crippen LogP contribution < -0.4 is 0 Å². The van der Waals surface area contributed by atoms with Crippen LogP contribution in [0.2, 0.25) is 5.02 Å². The standard InChI is InChI=1S/C13H14ClNO/c1-8(2)12-6-9(7-16)10-4-3-5-11(14)13(10)15-12/h3-6,8,16H,7H2,1-2H3. The Bertz CT molecular complexity index is 523. The summed E-state index contributed by atoms with van der Waals surface area (Å²) >= 11 is 6.12. The van der Waals surface area contributed by atoms with Gasteiger partial charge in [-0.3, -0.25) is 4.98 Å². The SMILES string of the molecule is CC(C)c1cc(CO)c2cccc(Cl)c2n1. The van der Waals surface area contributed by atoms with Gasteiger partial charge in [0, 0.05) is 11.1 Å². The summed E-state index contributed by atoms with van der Waals surface area (Å²) in [5.41, 5.74) is 2.63. The molecule has 0 aliphatic rings. The van der Waals surface area contributed by atoms with Crippen LogP contribution >= 0.6 is 11.6 Å². The van der Waals surface area contributed by atoms with Crippen molar-refractivity contribution in [3.8, 4) is 0 Å². The van der Waals surface area contributed by atoms with E-state index in [1.807, 2.05) is 24.3 Å². The van der Waals surface area contributed by atoms with E-state index in [4.69, 9.17) is 11.6 Å². The van der Waals surface area contributed by atoms with Crippen molar-refractivity contribution in [2.24, 2.45) is 0 Å². The van der Waals surface area contributed by atoms with Crippen LogP contribution in [-0.4, -0.2) is 10.1 Å². The van der Waals surface area contributed by atoms with E-state index >= 15 is 0 Å². The van der Waals surface area contributed by atoms with Crippen LogP contribution in [-0.2, 0) is 6.61 Å². The van der Waals surface area contributed by atoms with Gasteiger partial charge in [-0.1, -0.05) is 37.6 Å². The second-order valence-electron chi connectivity index (χ2n) is 4.16. The Balaban J connectivity index is 2.79. The molecule has 0 radical (unpaired) electrons. The molecular formula is C13H14ClNO. The van der Waals surface area contributed by atoms with E-state index in [0.717, 1.165) is 22.2 Å². The molecule has 0 amide bonds. The van der Waals surface area contributed by atoms with Gasteiger partial charge in [0.15, 0.2) is 0 Å². The van der Waals surface area contributed by atoms with Crippen molar-refractivity contribution >= 4 is 22.5 Å². The lowest BCUT2D eigenvalue weighted by molar-refractivity contribution is 0.283. The quantitative estimate of drug-likeness (QED) is 0.864. The van der Waals surface area contributed by atoms with Crippen molar-refractivity contribution in [3.05, 3.63) is 40.5 Å². The first-order valence-electron chi connectivity index (χ1n) is 5.32. The first-order chi connectivity index (χ1) is 7.63. The Morgan fingerprint density at radius 2 is 2.12 bits per heavy atom. The second kappa shape index (κ2) is 4.40. The monoisotopic (exact) mass is 235 g/mol. The van der Waals surface area contributed by atoms with Crippen LogP contribution in [0.1, 0.15) is 31.0 Å². The van der Waals surface area contributed by atoms with Crippen LogP contribution in [0.3, 0.4) is 0 Å². The molecule has 1 aromatic carbocycles. The fraction of sp³-hybridized carbons (Fsp3) is 0.308. The molecule has 0 bridgehead atoms. The highest BCUT2D eigenvalue weighted by molar-refractivity contribution is 6.35. The van der Waals surface area contributed by atoms with Crippen LogP contribution in [0.4, 0.5) is 0 Å². The molecule has 84 valence electrons. The maximum absolute atomic E-state index is 9.36. The van der Waals surface area contributed by atoms with E-state index in [9.17, 15) is 5.11 Å². The van der Waals surface area contributed by atoms with Crippen molar-refractivity contribution in [3.63, 3.8) is 0 Å². The second-order valence-corrected chi connectivity index (χ2v) is 4.56. The summed E-state index contributed by atoms with van der Waals surface area (Å²) in [4.78, 5) is 4.54. The summed E-state index contributed by atoms with van der Waals surface area (Å²) in [6, 6.07) is 7.58. The molecule has 2 aromatic rings. The van der Waals surface area contributed by atoms with E-state index < -0.39 is 0 Å². The van der Waals surface area contributed by atoms with Crippen molar-refractivity contribution in [2.75, 3.05) is 0 Å². The summed E-state index contributed by atoms with van der Waals surface area (Å²) in [6.07, 6.45) is 0. The van der Waals surface area contributed by atoms with Gasteiger partial charge in [0.25, 0.3) is 0 Å². The Labute approximate surface area is 99.9 Å². The lowest BCUT2D eigenvalue weighted by Crippen LogP contribution is -1.97. The molecule has 2 nitrogen and oxygen atoms in total. The molecule has 1 heterocycles. The minimum Gasteiger partial charge on any atom is -0.392 e. The number of para-hydroxylation sites is 1. The Morgan fingerprint density at radius 3 is 2.75 bits per heavy atom. The highest BCUT2D eigenvalue weighted by Crippen LogP contribution is 2.27. The first-order valence-corrected chi connectivity index (χ1v) is 5.70. The van der Waals surface area contributed by atoms with Gasteiger partial charge in [-0.05, 0) is 23.6 Å². The highest BCUT2D eigenvalue weighted by atomic mass is 35.5. The minimum atomic E-state index is 0.0130. The van der Waals surface area contributed by atoms with Gasteiger partial charge in [-0.2, -0.15) is 0 Å². The Kier molecular flexibility index (Phi) is 3.13. The molecule has 1 aromatic heterocycles. The number of nitrogens with zero attached hydrogens (tertiary/aromatic N) is 1. The van der Waals surface area contributed by atoms with Gasteiger partial charge in [0.1, 0.15) is 0 Å². The van der Waals surface area contributed by atoms with Gasteiger partial charge in [0.05, 0.1) is 17.1 Å².